The molecular formula is C23H24BrClF4N4O3. The van der Waals surface area contributed by atoms with Gasteiger partial charge in [-0.2, -0.15) is 9.97 Å². The Kier molecular flexibility index (Phi) is 6.37. The van der Waals surface area contributed by atoms with Crippen molar-refractivity contribution in [2.75, 3.05) is 44.4 Å². The zero-order valence-corrected chi connectivity index (χ0v) is 21.5. The lowest BCUT2D eigenvalue weighted by Crippen LogP contribution is -2.50. The van der Waals surface area contributed by atoms with Crippen molar-refractivity contribution >= 4 is 44.3 Å². The van der Waals surface area contributed by atoms with Gasteiger partial charge in [0, 0.05) is 19.6 Å². The van der Waals surface area contributed by atoms with Crippen LogP contribution in [0.25, 0.3) is 10.9 Å². The summed E-state index contributed by atoms with van der Waals surface area (Å²) in [6.07, 6.45) is -1.22. The smallest absolute Gasteiger partial charge is 0.319 e. The van der Waals surface area contributed by atoms with Crippen molar-refractivity contribution in [2.45, 2.75) is 55.9 Å². The number of ether oxygens (including phenoxy) is 3. The van der Waals surface area contributed by atoms with E-state index in [2.05, 4.69) is 30.8 Å². The number of rotatable bonds is 5. The third kappa shape index (κ3) is 3.90. The first-order valence-corrected chi connectivity index (χ1v) is 13.1. The molecule has 36 heavy (non-hydrogen) atoms. The molecule has 13 heteroatoms. The Morgan fingerprint density at radius 2 is 2.11 bits per heavy atom. The number of nitrogens with zero attached hydrogens (tertiary/aromatic N) is 4. The highest BCUT2D eigenvalue weighted by Gasteiger charge is 2.49. The second-order valence-electron chi connectivity index (χ2n) is 9.83. The Morgan fingerprint density at radius 3 is 2.86 bits per heavy atom. The van der Waals surface area contributed by atoms with Gasteiger partial charge in [-0.1, -0.05) is 11.6 Å². The Balaban J connectivity index is 1.48. The molecule has 1 unspecified atom stereocenters. The summed E-state index contributed by atoms with van der Waals surface area (Å²) in [4.78, 5) is 12.4. The normalized spacial score (nSPS) is 30.2. The average molecular weight is 596 g/mol. The van der Waals surface area contributed by atoms with E-state index in [1.54, 1.807) is 0 Å². The van der Waals surface area contributed by atoms with Gasteiger partial charge in [0.2, 0.25) is 0 Å². The molecule has 4 atom stereocenters. The summed E-state index contributed by atoms with van der Waals surface area (Å²) in [5.74, 6) is -0.684. The quantitative estimate of drug-likeness (QED) is 0.365. The molecule has 0 spiro atoms. The topological polar surface area (TPSA) is 60.0 Å². The van der Waals surface area contributed by atoms with Gasteiger partial charge in [0.1, 0.15) is 41.8 Å². The zero-order chi connectivity index (χ0) is 25.2. The third-order valence-corrected chi connectivity index (χ3v) is 9.04. The number of hydrogen-bond acceptors (Lipinski definition) is 7. The maximum atomic E-state index is 15.5. The molecule has 0 radical (unpaired) electrons. The van der Waals surface area contributed by atoms with Crippen LogP contribution < -0.4 is 14.4 Å². The number of aromatic nitrogens is 2. The fourth-order valence-corrected chi connectivity index (χ4v) is 6.63. The highest BCUT2D eigenvalue weighted by Crippen LogP contribution is 2.48. The van der Waals surface area contributed by atoms with Gasteiger partial charge in [-0.3, -0.25) is 4.90 Å². The molecule has 6 rings (SSSR count). The summed E-state index contributed by atoms with van der Waals surface area (Å²) in [7, 11) is 0. The molecular weight excluding hydrogens is 572 g/mol. The fraction of sp³-hybridized carbons (Fsp3) is 0.652. The molecule has 7 nitrogen and oxygen atoms in total. The monoisotopic (exact) mass is 594 g/mol. The lowest BCUT2D eigenvalue weighted by atomic mass is 9.95. The average Bonchev–Trinajstić information content (AvgIpc) is 3.54. The van der Waals surface area contributed by atoms with E-state index in [0.717, 1.165) is 19.4 Å². The van der Waals surface area contributed by atoms with Crippen molar-refractivity contribution in [3.05, 3.63) is 15.3 Å². The summed E-state index contributed by atoms with van der Waals surface area (Å²) in [6.45, 7) is 1.47. The molecule has 0 saturated carbocycles. The summed E-state index contributed by atoms with van der Waals surface area (Å²) < 4.78 is 75.4. The van der Waals surface area contributed by atoms with Crippen LogP contribution in [0, 0.1) is 5.82 Å². The Labute approximate surface area is 218 Å². The third-order valence-electron chi connectivity index (χ3n) is 7.71. The summed E-state index contributed by atoms with van der Waals surface area (Å²) >= 11 is 9.51. The molecule has 196 valence electrons. The predicted octanol–water partition coefficient (Wildman–Crippen LogP) is 4.76. The molecule has 0 amide bonds. The molecule has 2 aromatic rings. The standard InChI is InChI=1S/C23H24BrClF4N4O3/c24-15-16(25)19-14-18(17(15)27)30-22(36-10-23-3-1-4-32(23)7-11(26)6-23)31-21(14)33(12-2-5-34-8-12)13(9-35-19)20(28)29/h11-13,20H,1-10H2/t11-,12?,13-,23+/m1/s1. The van der Waals surface area contributed by atoms with Crippen LogP contribution in [0.15, 0.2) is 4.47 Å². The highest BCUT2D eigenvalue weighted by molar-refractivity contribution is 9.10. The first-order chi connectivity index (χ1) is 17.3. The first-order valence-electron chi connectivity index (χ1n) is 12.0. The Bertz CT molecular complexity index is 1190. The van der Waals surface area contributed by atoms with Gasteiger partial charge in [0.05, 0.1) is 28.0 Å². The molecule has 0 bridgehead atoms. The number of halogens is 6. The van der Waals surface area contributed by atoms with Crippen molar-refractivity contribution in [2.24, 2.45) is 0 Å². The lowest BCUT2D eigenvalue weighted by Gasteiger charge is -2.35. The number of fused-ring (bicyclic) bond motifs is 1. The molecule has 0 N–H and O–H groups in total. The van der Waals surface area contributed by atoms with Gasteiger partial charge in [-0.15, -0.1) is 0 Å². The van der Waals surface area contributed by atoms with Crippen LogP contribution in [0.5, 0.6) is 11.8 Å². The van der Waals surface area contributed by atoms with Gasteiger partial charge in [0.15, 0.2) is 11.6 Å². The van der Waals surface area contributed by atoms with Crippen LogP contribution in [0.2, 0.25) is 5.02 Å². The van der Waals surface area contributed by atoms with E-state index in [4.69, 9.17) is 25.8 Å². The zero-order valence-electron chi connectivity index (χ0n) is 19.2. The second kappa shape index (κ2) is 9.28. The van der Waals surface area contributed by atoms with E-state index >= 15 is 4.39 Å². The molecule has 5 heterocycles. The summed E-state index contributed by atoms with van der Waals surface area (Å²) in [5.41, 5.74) is -0.639. The van der Waals surface area contributed by atoms with Crippen molar-refractivity contribution in [3.8, 4) is 11.8 Å². The lowest BCUT2D eigenvalue weighted by molar-refractivity contribution is 0.0811. The molecule has 1 aromatic carbocycles. The molecule has 1 aromatic heterocycles. The number of benzene rings is 1. The van der Waals surface area contributed by atoms with Crippen LogP contribution in [0.3, 0.4) is 0 Å². The van der Waals surface area contributed by atoms with Crippen LogP contribution in [0.4, 0.5) is 23.4 Å². The van der Waals surface area contributed by atoms with Gasteiger partial charge in [-0.05, 0) is 41.7 Å². The minimum atomic E-state index is -2.78. The number of hydrogen-bond donors (Lipinski definition) is 0. The van der Waals surface area contributed by atoms with Crippen molar-refractivity contribution in [1.82, 2.24) is 14.9 Å². The van der Waals surface area contributed by atoms with Gasteiger partial charge in [-0.25, -0.2) is 17.6 Å². The molecule has 0 aliphatic carbocycles. The Morgan fingerprint density at radius 1 is 1.28 bits per heavy atom. The van der Waals surface area contributed by atoms with E-state index in [0.29, 0.717) is 26.0 Å². The molecule has 4 aliphatic heterocycles. The second-order valence-corrected chi connectivity index (χ2v) is 11.0. The van der Waals surface area contributed by atoms with E-state index in [-0.39, 0.29) is 57.8 Å². The molecule has 3 fully saturated rings. The Hall–Kier alpha value is -1.63. The van der Waals surface area contributed by atoms with E-state index in [1.165, 1.54) is 4.90 Å². The van der Waals surface area contributed by atoms with E-state index < -0.39 is 36.0 Å². The first kappa shape index (κ1) is 24.7. The van der Waals surface area contributed by atoms with Gasteiger partial charge in [0.25, 0.3) is 6.43 Å². The predicted molar refractivity (Wildman–Crippen MR) is 128 cm³/mol. The van der Waals surface area contributed by atoms with Crippen molar-refractivity contribution in [1.29, 1.82) is 0 Å². The number of alkyl halides is 3. The SMILES string of the molecule is Fc1c(Br)c(Cl)c2c3c(nc(OC[C@@]45CCCN4C[C@H](F)C5)nc13)N(C1CCOC1)[C@@H](C(F)F)CO2. The summed E-state index contributed by atoms with van der Waals surface area (Å²) in [6, 6.07) is -1.97. The minimum Gasteiger partial charge on any atom is -0.489 e. The summed E-state index contributed by atoms with van der Waals surface area (Å²) in [5, 5.41) is 0.0185. The van der Waals surface area contributed by atoms with E-state index in [9.17, 15) is 13.2 Å². The number of anilines is 1. The fourth-order valence-electron chi connectivity index (χ4n) is 6.03. The maximum absolute atomic E-state index is 15.5. The highest BCUT2D eigenvalue weighted by atomic mass is 79.9. The van der Waals surface area contributed by atoms with Crippen molar-refractivity contribution < 1.29 is 31.8 Å². The van der Waals surface area contributed by atoms with Gasteiger partial charge < -0.3 is 19.1 Å². The maximum Gasteiger partial charge on any atom is 0.319 e. The molecule has 4 aliphatic rings. The van der Waals surface area contributed by atoms with Crippen LogP contribution in [-0.2, 0) is 4.74 Å². The van der Waals surface area contributed by atoms with Crippen LogP contribution in [-0.4, -0.2) is 84.6 Å². The van der Waals surface area contributed by atoms with Crippen LogP contribution >= 0.6 is 27.5 Å². The minimum absolute atomic E-state index is 0.0326. The largest absolute Gasteiger partial charge is 0.489 e. The van der Waals surface area contributed by atoms with Gasteiger partial charge >= 0.3 is 6.01 Å². The molecule has 3 saturated heterocycles. The van der Waals surface area contributed by atoms with E-state index in [1.807, 2.05) is 0 Å². The van der Waals surface area contributed by atoms with Crippen LogP contribution in [0.1, 0.15) is 25.7 Å². The van der Waals surface area contributed by atoms with Crippen molar-refractivity contribution in [3.63, 3.8) is 0 Å².